The van der Waals surface area contributed by atoms with Crippen LogP contribution in [-0.4, -0.2) is 48.6 Å². The summed E-state index contributed by atoms with van der Waals surface area (Å²) in [5.41, 5.74) is 3.23. The summed E-state index contributed by atoms with van der Waals surface area (Å²) in [6.45, 7) is 7.70. The number of aliphatic imine (C=N–C) groups is 1. The zero-order valence-electron chi connectivity index (χ0n) is 16.5. The molecule has 2 rings (SSSR count). The largest absolute Gasteiger partial charge is 0.377 e. The van der Waals surface area contributed by atoms with Crippen molar-refractivity contribution in [1.82, 2.24) is 20.4 Å². The Labute approximate surface area is 156 Å². The molecule has 1 heterocycles. The van der Waals surface area contributed by atoms with Crippen molar-refractivity contribution in [3.63, 3.8) is 0 Å². The summed E-state index contributed by atoms with van der Waals surface area (Å²) in [5, 5.41) is 11.3. The number of rotatable bonds is 8. The lowest BCUT2D eigenvalue weighted by molar-refractivity contribution is 0.0268. The highest BCUT2D eigenvalue weighted by molar-refractivity contribution is 5.79. The molecule has 0 bridgehead atoms. The first-order valence-corrected chi connectivity index (χ1v) is 9.05. The Morgan fingerprint density at radius 1 is 1.23 bits per heavy atom. The van der Waals surface area contributed by atoms with Crippen molar-refractivity contribution in [1.29, 1.82) is 0 Å². The lowest BCUT2D eigenvalue weighted by atomic mass is 10.1. The second kappa shape index (κ2) is 9.38. The predicted molar refractivity (Wildman–Crippen MR) is 107 cm³/mol. The Bertz CT molecular complexity index is 706. The first-order chi connectivity index (χ1) is 12.4. The standard InChI is InChI=1S/C20H31N5O/c1-16-17(14-25(24-16)18-11-7-6-8-12-18)10-9-13-22-19(21-4)23-15-20(2,3)26-5/h6-8,11-12,14H,9-10,13,15H2,1-5H3,(H2,21,22,23). The predicted octanol–water partition coefficient (Wildman–Crippen LogP) is 2.70. The molecule has 0 saturated carbocycles. The Hall–Kier alpha value is -2.34. The topological polar surface area (TPSA) is 63.5 Å². The van der Waals surface area contributed by atoms with E-state index >= 15 is 0 Å². The SMILES string of the molecule is CN=C(NCCCc1cn(-c2ccccc2)nc1C)NCC(C)(C)OC. The molecule has 0 fully saturated rings. The van der Waals surface area contributed by atoms with Crippen LogP contribution in [0.15, 0.2) is 41.5 Å². The van der Waals surface area contributed by atoms with Gasteiger partial charge in [-0.3, -0.25) is 4.99 Å². The highest BCUT2D eigenvalue weighted by Crippen LogP contribution is 2.13. The van der Waals surface area contributed by atoms with E-state index in [4.69, 9.17) is 4.74 Å². The molecular formula is C20H31N5O. The molecule has 1 aromatic carbocycles. The Morgan fingerprint density at radius 2 is 1.96 bits per heavy atom. The summed E-state index contributed by atoms with van der Waals surface area (Å²) in [4.78, 5) is 4.25. The van der Waals surface area contributed by atoms with Gasteiger partial charge in [0.05, 0.1) is 17.0 Å². The molecule has 142 valence electrons. The third kappa shape index (κ3) is 5.88. The number of ether oxygens (including phenoxy) is 1. The fraction of sp³-hybridized carbons (Fsp3) is 0.500. The molecule has 0 amide bonds. The van der Waals surface area contributed by atoms with E-state index < -0.39 is 0 Å². The average Bonchev–Trinajstić information content (AvgIpc) is 3.02. The molecule has 6 nitrogen and oxygen atoms in total. The number of methoxy groups -OCH3 is 1. The lowest BCUT2D eigenvalue weighted by Gasteiger charge is -2.24. The monoisotopic (exact) mass is 357 g/mol. The van der Waals surface area contributed by atoms with Gasteiger partial charge in [0.25, 0.3) is 0 Å². The van der Waals surface area contributed by atoms with Crippen LogP contribution in [0, 0.1) is 6.92 Å². The van der Waals surface area contributed by atoms with Crippen LogP contribution < -0.4 is 10.6 Å². The van der Waals surface area contributed by atoms with Gasteiger partial charge < -0.3 is 15.4 Å². The number of hydrogen-bond acceptors (Lipinski definition) is 3. The number of benzene rings is 1. The second-order valence-corrected chi connectivity index (χ2v) is 6.94. The van der Waals surface area contributed by atoms with E-state index in [9.17, 15) is 0 Å². The molecule has 0 unspecified atom stereocenters. The van der Waals surface area contributed by atoms with Gasteiger partial charge in [0.2, 0.25) is 0 Å². The van der Waals surface area contributed by atoms with Crippen molar-refractivity contribution in [2.45, 2.75) is 39.2 Å². The molecule has 0 radical (unpaired) electrons. The van der Waals surface area contributed by atoms with Crippen molar-refractivity contribution in [2.75, 3.05) is 27.2 Å². The molecular weight excluding hydrogens is 326 g/mol. The van der Waals surface area contributed by atoms with Gasteiger partial charge in [0.1, 0.15) is 0 Å². The summed E-state index contributed by atoms with van der Waals surface area (Å²) < 4.78 is 7.36. The molecule has 0 aliphatic rings. The maximum Gasteiger partial charge on any atom is 0.191 e. The van der Waals surface area contributed by atoms with Gasteiger partial charge in [-0.2, -0.15) is 5.10 Å². The van der Waals surface area contributed by atoms with Gasteiger partial charge in [0, 0.05) is 33.4 Å². The lowest BCUT2D eigenvalue weighted by Crippen LogP contribution is -2.45. The van der Waals surface area contributed by atoms with E-state index in [1.165, 1.54) is 5.56 Å². The number of guanidine groups is 1. The second-order valence-electron chi connectivity index (χ2n) is 6.94. The van der Waals surface area contributed by atoms with Gasteiger partial charge in [-0.05, 0) is 51.3 Å². The fourth-order valence-corrected chi connectivity index (χ4v) is 2.53. The minimum absolute atomic E-state index is 0.221. The van der Waals surface area contributed by atoms with Crippen LogP contribution >= 0.6 is 0 Å². The highest BCUT2D eigenvalue weighted by atomic mass is 16.5. The van der Waals surface area contributed by atoms with Gasteiger partial charge in [-0.25, -0.2) is 4.68 Å². The van der Waals surface area contributed by atoms with E-state index in [0.717, 1.165) is 36.7 Å². The Balaban J connectivity index is 1.80. The maximum absolute atomic E-state index is 5.41. The fourth-order valence-electron chi connectivity index (χ4n) is 2.53. The molecule has 0 aliphatic heterocycles. The molecule has 26 heavy (non-hydrogen) atoms. The molecule has 0 atom stereocenters. The van der Waals surface area contributed by atoms with Crippen LogP contribution in [0.25, 0.3) is 5.69 Å². The third-order valence-corrected chi connectivity index (χ3v) is 4.39. The highest BCUT2D eigenvalue weighted by Gasteiger charge is 2.16. The number of nitrogens with zero attached hydrogens (tertiary/aromatic N) is 3. The molecule has 0 aliphatic carbocycles. The zero-order valence-corrected chi connectivity index (χ0v) is 16.5. The van der Waals surface area contributed by atoms with Crippen molar-refractivity contribution >= 4 is 5.96 Å². The number of hydrogen-bond donors (Lipinski definition) is 2. The summed E-state index contributed by atoms with van der Waals surface area (Å²) >= 11 is 0. The summed E-state index contributed by atoms with van der Waals surface area (Å²) in [6.07, 6.45) is 4.11. The first kappa shape index (κ1) is 20.0. The first-order valence-electron chi connectivity index (χ1n) is 9.05. The van der Waals surface area contributed by atoms with Crippen molar-refractivity contribution in [3.8, 4) is 5.69 Å². The molecule has 2 aromatic rings. The van der Waals surface area contributed by atoms with Crippen molar-refractivity contribution in [3.05, 3.63) is 47.8 Å². The average molecular weight is 358 g/mol. The van der Waals surface area contributed by atoms with Crippen molar-refractivity contribution in [2.24, 2.45) is 4.99 Å². The van der Waals surface area contributed by atoms with Gasteiger partial charge >= 0.3 is 0 Å². The van der Waals surface area contributed by atoms with Crippen LogP contribution in [0.3, 0.4) is 0 Å². The number of aryl methyl sites for hydroxylation is 2. The normalized spacial score (nSPS) is 12.3. The van der Waals surface area contributed by atoms with Crippen LogP contribution in [0.2, 0.25) is 0 Å². The summed E-state index contributed by atoms with van der Waals surface area (Å²) in [6, 6.07) is 10.2. The molecule has 6 heteroatoms. The minimum atomic E-state index is -0.221. The zero-order chi connectivity index (χ0) is 19.0. The van der Waals surface area contributed by atoms with Crippen LogP contribution in [0.1, 0.15) is 31.5 Å². The molecule has 1 aromatic heterocycles. The molecule has 2 N–H and O–H groups in total. The summed E-state index contributed by atoms with van der Waals surface area (Å²) in [5.74, 6) is 0.798. The van der Waals surface area contributed by atoms with E-state index in [0.29, 0.717) is 6.54 Å². The van der Waals surface area contributed by atoms with E-state index in [1.54, 1.807) is 14.2 Å². The molecule has 0 saturated heterocycles. The molecule has 0 spiro atoms. The van der Waals surface area contributed by atoms with Gasteiger partial charge in [-0.1, -0.05) is 18.2 Å². The number of nitrogens with one attached hydrogen (secondary N) is 2. The minimum Gasteiger partial charge on any atom is -0.377 e. The van der Waals surface area contributed by atoms with Crippen LogP contribution in [-0.2, 0) is 11.2 Å². The summed E-state index contributed by atoms with van der Waals surface area (Å²) in [7, 11) is 3.50. The quantitative estimate of drug-likeness (QED) is 0.433. The van der Waals surface area contributed by atoms with E-state index in [2.05, 4.69) is 46.0 Å². The maximum atomic E-state index is 5.41. The van der Waals surface area contributed by atoms with Crippen molar-refractivity contribution < 1.29 is 4.74 Å². The number of para-hydroxylation sites is 1. The van der Waals surface area contributed by atoms with E-state index in [-0.39, 0.29) is 5.60 Å². The van der Waals surface area contributed by atoms with Crippen LogP contribution in [0.5, 0.6) is 0 Å². The van der Waals surface area contributed by atoms with Crippen LogP contribution in [0.4, 0.5) is 0 Å². The Kier molecular flexibility index (Phi) is 7.21. The smallest absolute Gasteiger partial charge is 0.191 e. The van der Waals surface area contributed by atoms with Gasteiger partial charge in [-0.15, -0.1) is 0 Å². The van der Waals surface area contributed by atoms with E-state index in [1.807, 2.05) is 36.7 Å². The Morgan fingerprint density at radius 3 is 2.62 bits per heavy atom. The van der Waals surface area contributed by atoms with Gasteiger partial charge in [0.15, 0.2) is 5.96 Å². The third-order valence-electron chi connectivity index (χ3n) is 4.39. The number of aromatic nitrogens is 2.